The van der Waals surface area contributed by atoms with E-state index in [-0.39, 0.29) is 19.6 Å². The second kappa shape index (κ2) is 44.1. The van der Waals surface area contributed by atoms with E-state index in [4.69, 9.17) is 18.9 Å². The average Bonchev–Trinajstić information content (AvgIpc) is 3.28. The zero-order valence-corrected chi connectivity index (χ0v) is 42.4. The zero-order chi connectivity index (χ0) is 47.5. The van der Waals surface area contributed by atoms with Crippen LogP contribution < -0.4 is 0 Å². The lowest BCUT2D eigenvalue weighted by Gasteiger charge is -2.41. The van der Waals surface area contributed by atoms with Crippen LogP contribution in [0.15, 0.2) is 12.2 Å². The van der Waals surface area contributed by atoms with E-state index in [2.05, 4.69) is 30.2 Å². The summed E-state index contributed by atoms with van der Waals surface area (Å²) in [6.07, 6.45) is 41.0. The fourth-order valence-corrected chi connectivity index (χ4v) is 9.06. The number of carbonyl (C=O) groups is 1. The highest BCUT2D eigenvalue weighted by Gasteiger charge is 2.48. The first-order chi connectivity index (χ1) is 31.6. The first kappa shape index (κ1) is 61.9. The van der Waals surface area contributed by atoms with Gasteiger partial charge in [0, 0.05) is 13.0 Å². The highest BCUT2D eigenvalue weighted by molar-refractivity contribution is 7.80. The predicted octanol–water partition coefficient (Wildman–Crippen LogP) is 12.6. The van der Waals surface area contributed by atoms with Crippen molar-refractivity contribution in [3.8, 4) is 0 Å². The summed E-state index contributed by atoms with van der Waals surface area (Å²) in [5.74, 6) is -0.393. The highest BCUT2D eigenvalue weighted by Crippen LogP contribution is 2.26. The van der Waals surface area contributed by atoms with Gasteiger partial charge in [0.05, 0.1) is 19.8 Å². The van der Waals surface area contributed by atoms with Crippen LogP contribution in [0.4, 0.5) is 0 Å². The molecule has 0 saturated carbocycles. The van der Waals surface area contributed by atoms with E-state index in [0.29, 0.717) is 13.0 Å². The summed E-state index contributed by atoms with van der Waals surface area (Å²) in [5, 5.41) is 30.8. The van der Waals surface area contributed by atoms with Gasteiger partial charge in [0.15, 0.2) is 6.29 Å². The Balaban J connectivity index is 2.33. The molecular formula is C52H100O12S. The molecule has 65 heavy (non-hydrogen) atoms. The molecule has 12 nitrogen and oxygen atoms in total. The summed E-state index contributed by atoms with van der Waals surface area (Å²) < 4.78 is 59.3. The van der Waals surface area contributed by atoms with Crippen LogP contribution >= 0.6 is 0 Å². The molecule has 0 amide bonds. The van der Waals surface area contributed by atoms with E-state index in [1.54, 1.807) is 0 Å². The number of esters is 1. The number of unbranched alkanes of at least 4 members (excludes halogenated alkanes) is 33. The first-order valence-corrected chi connectivity index (χ1v) is 28.3. The smallest absolute Gasteiger partial charge is 0.397 e. The van der Waals surface area contributed by atoms with Crippen LogP contribution in [0, 0.1) is 0 Å². The van der Waals surface area contributed by atoms with Crippen molar-refractivity contribution in [2.45, 2.75) is 288 Å². The Morgan fingerprint density at radius 1 is 0.569 bits per heavy atom. The Morgan fingerprint density at radius 3 is 1.38 bits per heavy atom. The number of aliphatic hydroxyl groups excluding tert-OH is 3. The molecule has 386 valence electrons. The molecule has 6 unspecified atom stereocenters. The van der Waals surface area contributed by atoms with Gasteiger partial charge in [0.2, 0.25) is 0 Å². The molecule has 0 aromatic heterocycles. The molecule has 1 heterocycles. The number of carbonyl (C=O) groups excluding carboxylic acids is 1. The van der Waals surface area contributed by atoms with Gasteiger partial charge in [-0.3, -0.25) is 9.35 Å². The molecule has 0 aromatic carbocycles. The lowest BCUT2D eigenvalue weighted by atomic mass is 9.99. The molecule has 6 atom stereocenters. The third-order valence-corrected chi connectivity index (χ3v) is 13.1. The number of allylic oxidation sites excluding steroid dienone is 2. The van der Waals surface area contributed by atoms with Crippen molar-refractivity contribution in [3.63, 3.8) is 0 Å². The molecular weight excluding hydrogens is 849 g/mol. The van der Waals surface area contributed by atoms with Crippen LogP contribution in [0.5, 0.6) is 0 Å². The van der Waals surface area contributed by atoms with Crippen LogP contribution in [0.25, 0.3) is 0 Å². The Hall–Kier alpha value is -1.16. The van der Waals surface area contributed by atoms with Gasteiger partial charge >= 0.3 is 16.4 Å². The summed E-state index contributed by atoms with van der Waals surface area (Å²) >= 11 is 0. The van der Waals surface area contributed by atoms with Gasteiger partial charge in [0.1, 0.15) is 30.5 Å². The molecule has 0 radical (unpaired) electrons. The van der Waals surface area contributed by atoms with Crippen molar-refractivity contribution in [2.75, 3.05) is 26.4 Å². The second-order valence-corrected chi connectivity index (χ2v) is 19.9. The van der Waals surface area contributed by atoms with E-state index in [1.165, 1.54) is 186 Å². The van der Waals surface area contributed by atoms with Gasteiger partial charge in [-0.1, -0.05) is 219 Å². The minimum Gasteiger partial charge on any atom is -0.457 e. The summed E-state index contributed by atoms with van der Waals surface area (Å²) in [5.41, 5.74) is 0. The highest BCUT2D eigenvalue weighted by atomic mass is 32.3. The normalized spacial score (nSPS) is 19.6. The largest absolute Gasteiger partial charge is 0.457 e. The lowest BCUT2D eigenvalue weighted by molar-refractivity contribution is -0.301. The predicted molar refractivity (Wildman–Crippen MR) is 262 cm³/mol. The Labute approximate surface area is 398 Å². The summed E-state index contributed by atoms with van der Waals surface area (Å²) in [6, 6.07) is 0. The summed E-state index contributed by atoms with van der Waals surface area (Å²) in [6.45, 7) is 4.04. The van der Waals surface area contributed by atoms with Gasteiger partial charge in [-0.2, -0.15) is 8.42 Å². The molecule has 1 fully saturated rings. The van der Waals surface area contributed by atoms with Gasteiger partial charge in [0.25, 0.3) is 0 Å². The molecule has 0 bridgehead atoms. The maximum atomic E-state index is 12.9. The van der Waals surface area contributed by atoms with Crippen molar-refractivity contribution >= 4 is 16.4 Å². The van der Waals surface area contributed by atoms with E-state index in [1.807, 2.05) is 0 Å². The third kappa shape index (κ3) is 37.4. The van der Waals surface area contributed by atoms with Crippen LogP contribution in [-0.4, -0.2) is 97.5 Å². The molecule has 1 rings (SSSR count). The van der Waals surface area contributed by atoms with Crippen molar-refractivity contribution < 1.29 is 56.2 Å². The SMILES string of the molecule is CCCCCCCC/C=C\CCCCCCCCCCOCC(COC1OC(CO)C(O)C(OS(=O)(=O)O)C1O)OC(=O)CCCCCCCCCCCCCCCCCCCCCC. The maximum absolute atomic E-state index is 12.9. The molecule has 0 aromatic rings. The van der Waals surface area contributed by atoms with Crippen molar-refractivity contribution in [1.82, 2.24) is 0 Å². The number of aliphatic hydroxyl groups is 3. The van der Waals surface area contributed by atoms with Crippen molar-refractivity contribution in [1.29, 1.82) is 0 Å². The number of hydrogen-bond donors (Lipinski definition) is 4. The molecule has 1 aliphatic rings. The Kier molecular flexibility index (Phi) is 41.9. The first-order valence-electron chi connectivity index (χ1n) is 26.9. The van der Waals surface area contributed by atoms with Crippen LogP contribution in [0.3, 0.4) is 0 Å². The molecule has 4 N–H and O–H groups in total. The van der Waals surface area contributed by atoms with Gasteiger partial charge < -0.3 is 34.3 Å². The van der Waals surface area contributed by atoms with Crippen LogP contribution in [-0.2, 0) is 38.3 Å². The quantitative estimate of drug-likeness (QED) is 0.0197. The van der Waals surface area contributed by atoms with Gasteiger partial charge in [-0.05, 0) is 38.5 Å². The van der Waals surface area contributed by atoms with E-state index < -0.39 is 59.8 Å². The van der Waals surface area contributed by atoms with Crippen molar-refractivity contribution in [3.05, 3.63) is 12.2 Å². The van der Waals surface area contributed by atoms with Gasteiger partial charge in [-0.25, -0.2) is 4.18 Å². The molecule has 0 aliphatic carbocycles. The fraction of sp³-hybridized carbons (Fsp3) is 0.942. The number of rotatable bonds is 48. The minimum absolute atomic E-state index is 0.0399. The summed E-state index contributed by atoms with van der Waals surface area (Å²) in [7, 11) is -5.06. The van der Waals surface area contributed by atoms with Crippen LogP contribution in [0.1, 0.15) is 251 Å². The van der Waals surface area contributed by atoms with E-state index >= 15 is 0 Å². The van der Waals surface area contributed by atoms with E-state index in [9.17, 15) is 33.1 Å². The monoisotopic (exact) mass is 949 g/mol. The molecule has 1 aliphatic heterocycles. The maximum Gasteiger partial charge on any atom is 0.397 e. The average molecular weight is 949 g/mol. The van der Waals surface area contributed by atoms with Crippen LogP contribution in [0.2, 0.25) is 0 Å². The number of ether oxygens (including phenoxy) is 4. The molecule has 0 spiro atoms. The zero-order valence-electron chi connectivity index (χ0n) is 41.6. The summed E-state index contributed by atoms with van der Waals surface area (Å²) in [4.78, 5) is 12.9. The van der Waals surface area contributed by atoms with Gasteiger partial charge in [-0.15, -0.1) is 0 Å². The topological polar surface area (TPSA) is 178 Å². The molecule has 13 heteroatoms. The van der Waals surface area contributed by atoms with Crippen molar-refractivity contribution in [2.24, 2.45) is 0 Å². The standard InChI is InChI=1S/C52H100O12S/c1-3-5-7-9-11-13-15-17-19-21-23-24-25-27-29-31-33-35-37-39-41-48(54)62-46(45-61-52-50(56)51(64-65(57,58)59)49(55)47(43-53)63-52)44-60-42-40-38-36-34-32-30-28-26-22-20-18-16-14-12-10-8-6-4-2/h18,20,46-47,49-53,55-56H,3-17,19,21-45H2,1-2H3,(H,57,58,59)/b20-18-. The lowest BCUT2D eigenvalue weighted by Crippen LogP contribution is -2.60. The Morgan fingerprint density at radius 2 is 0.969 bits per heavy atom. The van der Waals surface area contributed by atoms with E-state index in [0.717, 1.165) is 38.5 Å². The fourth-order valence-electron chi connectivity index (χ4n) is 8.55. The molecule has 1 saturated heterocycles. The number of hydrogen-bond acceptors (Lipinski definition) is 11. The minimum atomic E-state index is -5.06. The second-order valence-electron chi connectivity index (χ2n) is 18.8. The Bertz CT molecular complexity index is 1190. The third-order valence-electron chi connectivity index (χ3n) is 12.6.